The summed E-state index contributed by atoms with van der Waals surface area (Å²) in [6.45, 7) is 4.98. The number of rotatable bonds is 18. The fraction of sp³-hybridized carbons (Fsp3) is 0.641. The first kappa shape index (κ1) is 34.4. The van der Waals surface area contributed by atoms with Gasteiger partial charge in [-0.05, 0) is 17.5 Å². The second-order valence-electron chi connectivity index (χ2n) is 13.9. The molecular weight excluding hydrogens is 576 g/mol. The van der Waals surface area contributed by atoms with Crippen molar-refractivity contribution >= 4 is 12.1 Å². The predicted molar refractivity (Wildman–Crippen MR) is 181 cm³/mol. The molecule has 2 atom stereocenters. The van der Waals surface area contributed by atoms with Crippen molar-refractivity contribution in [1.29, 1.82) is 0 Å². The zero-order valence-electron chi connectivity index (χ0n) is 28.1. The summed E-state index contributed by atoms with van der Waals surface area (Å²) >= 11 is 0. The lowest BCUT2D eigenvalue weighted by Gasteiger charge is -2.47. The smallest absolute Gasteiger partial charge is 0.409 e. The standard InChI is InChI=1S/C39H56N2O5/c1-2-3-4-5-6-7-8-9-10-17-26-40-38(43)44-31-45-39(32-20-13-11-14-21-32,33-22-15-12-16-23-33)37(42)46-36-29-34-24-25-35(30-36)41(34)27-18-19-28-41/h11-16,20-23,34-36H,2-10,17-19,24-31H2,1H3/p+1. The van der Waals surface area contributed by atoms with Crippen LogP contribution < -0.4 is 5.32 Å². The minimum Gasteiger partial charge on any atom is -0.459 e. The lowest BCUT2D eigenvalue weighted by Crippen LogP contribution is -2.60. The van der Waals surface area contributed by atoms with Gasteiger partial charge >= 0.3 is 12.1 Å². The molecule has 5 rings (SSSR count). The first-order valence-electron chi connectivity index (χ1n) is 18.3. The summed E-state index contributed by atoms with van der Waals surface area (Å²) in [5.41, 5.74) is -0.250. The SMILES string of the molecule is CCCCCCCCCCCCNC(=O)OCOC(C(=O)OC1CC2CCC(C1)[N+]21CCCC1)(c1ccccc1)c1ccccc1. The topological polar surface area (TPSA) is 73.9 Å². The van der Waals surface area contributed by atoms with Gasteiger partial charge in [-0.1, -0.05) is 125 Å². The van der Waals surface area contributed by atoms with Gasteiger partial charge in [0.2, 0.25) is 5.60 Å². The highest BCUT2D eigenvalue weighted by Crippen LogP contribution is 2.47. The fourth-order valence-corrected chi connectivity index (χ4v) is 8.54. The van der Waals surface area contributed by atoms with Gasteiger partial charge in [0.15, 0.2) is 6.79 Å². The zero-order chi connectivity index (χ0) is 32.1. The van der Waals surface area contributed by atoms with Crippen LogP contribution in [0.2, 0.25) is 0 Å². The Balaban J connectivity index is 1.17. The second kappa shape index (κ2) is 17.3. The van der Waals surface area contributed by atoms with E-state index in [4.69, 9.17) is 14.2 Å². The fourth-order valence-electron chi connectivity index (χ4n) is 8.54. The van der Waals surface area contributed by atoms with Crippen molar-refractivity contribution in [3.05, 3.63) is 71.8 Å². The minimum absolute atomic E-state index is 0.143. The number of carbonyl (C=O) groups is 2. The molecule has 0 aliphatic carbocycles. The first-order valence-corrected chi connectivity index (χ1v) is 18.3. The number of amides is 1. The molecule has 3 saturated heterocycles. The van der Waals surface area contributed by atoms with Gasteiger partial charge in [-0.15, -0.1) is 0 Å². The maximum atomic E-state index is 14.4. The van der Waals surface area contributed by atoms with Gasteiger partial charge < -0.3 is 24.0 Å². The maximum Gasteiger partial charge on any atom is 0.409 e. The van der Waals surface area contributed by atoms with Gasteiger partial charge in [-0.25, -0.2) is 9.59 Å². The largest absolute Gasteiger partial charge is 0.459 e. The van der Waals surface area contributed by atoms with Crippen LogP contribution in [0, 0.1) is 0 Å². The molecule has 2 aromatic rings. The summed E-state index contributed by atoms with van der Waals surface area (Å²) in [5.74, 6) is -0.446. The van der Waals surface area contributed by atoms with E-state index in [0.29, 0.717) is 29.8 Å². The summed E-state index contributed by atoms with van der Waals surface area (Å²) in [7, 11) is 0. The van der Waals surface area contributed by atoms with Crippen LogP contribution in [-0.2, 0) is 24.6 Å². The average Bonchev–Trinajstić information content (AvgIpc) is 3.63. The number of alkyl carbamates (subject to hydrolysis) is 1. The van der Waals surface area contributed by atoms with Crippen LogP contribution in [-0.4, -0.2) is 61.2 Å². The van der Waals surface area contributed by atoms with Crippen molar-refractivity contribution in [2.75, 3.05) is 26.4 Å². The molecule has 1 N–H and O–H groups in total. The minimum atomic E-state index is -1.56. The van der Waals surface area contributed by atoms with Crippen LogP contribution in [0.1, 0.15) is 121 Å². The molecule has 7 nitrogen and oxygen atoms in total. The van der Waals surface area contributed by atoms with Crippen molar-refractivity contribution in [1.82, 2.24) is 5.32 Å². The summed E-state index contributed by atoms with van der Waals surface area (Å²) in [5, 5.41) is 2.85. The lowest BCUT2D eigenvalue weighted by atomic mass is 9.85. The zero-order valence-corrected chi connectivity index (χ0v) is 28.1. The van der Waals surface area contributed by atoms with Gasteiger partial charge in [-0.3, -0.25) is 0 Å². The van der Waals surface area contributed by atoms with Gasteiger partial charge in [0.25, 0.3) is 0 Å². The quantitative estimate of drug-likeness (QED) is 0.0773. The number of quaternary nitrogens is 1. The van der Waals surface area contributed by atoms with Gasteiger partial charge in [0.1, 0.15) is 6.10 Å². The van der Waals surface area contributed by atoms with E-state index in [1.165, 1.54) is 94.6 Å². The van der Waals surface area contributed by atoms with Crippen molar-refractivity contribution in [3.63, 3.8) is 0 Å². The third-order valence-electron chi connectivity index (χ3n) is 10.9. The Kier molecular flexibility index (Phi) is 13.0. The molecule has 1 amide bonds. The number of ether oxygens (including phenoxy) is 3. The van der Waals surface area contributed by atoms with E-state index in [1.807, 2.05) is 60.7 Å². The Morgan fingerprint density at radius 3 is 1.83 bits per heavy atom. The summed E-state index contributed by atoms with van der Waals surface area (Å²) < 4.78 is 19.5. The number of nitrogens with one attached hydrogen (secondary N) is 1. The molecular formula is C39H57N2O5+. The van der Waals surface area contributed by atoms with E-state index >= 15 is 0 Å². The Bertz CT molecular complexity index is 1140. The van der Waals surface area contributed by atoms with Crippen LogP contribution in [0.4, 0.5) is 4.79 Å². The van der Waals surface area contributed by atoms with Crippen molar-refractivity contribution in [2.45, 2.75) is 133 Å². The molecule has 2 bridgehead atoms. The molecule has 2 unspecified atom stereocenters. The van der Waals surface area contributed by atoms with E-state index in [-0.39, 0.29) is 12.9 Å². The molecule has 46 heavy (non-hydrogen) atoms. The summed E-state index contributed by atoms with van der Waals surface area (Å²) in [6.07, 6.45) is 18.6. The molecule has 3 heterocycles. The second-order valence-corrected chi connectivity index (χ2v) is 13.9. The number of esters is 1. The lowest BCUT2D eigenvalue weighted by molar-refractivity contribution is -0.956. The van der Waals surface area contributed by atoms with E-state index in [0.717, 1.165) is 25.7 Å². The van der Waals surface area contributed by atoms with E-state index in [9.17, 15) is 9.59 Å². The highest BCUT2D eigenvalue weighted by atomic mass is 16.7. The average molecular weight is 634 g/mol. The molecule has 2 aromatic carbocycles. The van der Waals surface area contributed by atoms with Crippen molar-refractivity contribution in [3.8, 4) is 0 Å². The third kappa shape index (κ3) is 8.32. The molecule has 1 spiro atoms. The Labute approximate surface area is 277 Å². The molecule has 3 aliphatic rings. The number of piperidine rings is 1. The van der Waals surface area contributed by atoms with E-state index in [2.05, 4.69) is 12.2 Å². The monoisotopic (exact) mass is 633 g/mol. The van der Waals surface area contributed by atoms with Crippen LogP contribution in [0.3, 0.4) is 0 Å². The summed E-state index contributed by atoms with van der Waals surface area (Å²) in [6, 6.07) is 20.1. The van der Waals surface area contributed by atoms with E-state index < -0.39 is 17.7 Å². The van der Waals surface area contributed by atoms with Crippen LogP contribution in [0.15, 0.2) is 60.7 Å². The number of hydrogen-bond donors (Lipinski definition) is 1. The maximum absolute atomic E-state index is 14.4. The van der Waals surface area contributed by atoms with Gasteiger partial charge in [0, 0.05) is 45.1 Å². The Morgan fingerprint density at radius 2 is 1.28 bits per heavy atom. The number of unbranched alkanes of at least 4 members (excludes halogenated alkanes) is 9. The Morgan fingerprint density at radius 1 is 0.761 bits per heavy atom. The first-order chi connectivity index (χ1) is 22.6. The van der Waals surface area contributed by atoms with Crippen molar-refractivity contribution < 1.29 is 28.3 Å². The molecule has 3 fully saturated rings. The number of benzene rings is 2. The summed E-state index contributed by atoms with van der Waals surface area (Å²) in [4.78, 5) is 27.1. The highest BCUT2D eigenvalue weighted by Gasteiger charge is 2.57. The number of nitrogens with zero attached hydrogens (tertiary/aromatic N) is 1. The molecule has 252 valence electrons. The Hall–Kier alpha value is -2.90. The number of hydrogen-bond acceptors (Lipinski definition) is 5. The predicted octanol–water partition coefficient (Wildman–Crippen LogP) is 8.40. The molecule has 7 heteroatoms. The van der Waals surface area contributed by atoms with Crippen LogP contribution in [0.25, 0.3) is 0 Å². The molecule has 3 aliphatic heterocycles. The highest BCUT2D eigenvalue weighted by molar-refractivity contribution is 5.86. The third-order valence-corrected chi connectivity index (χ3v) is 10.9. The molecule has 0 radical (unpaired) electrons. The van der Waals surface area contributed by atoms with Gasteiger partial charge in [-0.2, -0.15) is 0 Å². The van der Waals surface area contributed by atoms with Crippen LogP contribution in [0.5, 0.6) is 0 Å². The molecule has 0 saturated carbocycles. The van der Waals surface area contributed by atoms with E-state index in [1.54, 1.807) is 0 Å². The van der Waals surface area contributed by atoms with Crippen LogP contribution >= 0.6 is 0 Å². The normalized spacial score (nSPS) is 21.7. The van der Waals surface area contributed by atoms with Gasteiger partial charge in [0.05, 0.1) is 25.2 Å². The van der Waals surface area contributed by atoms with Crippen molar-refractivity contribution in [2.24, 2.45) is 0 Å². The molecule has 0 aromatic heterocycles. The number of carbonyl (C=O) groups excluding carboxylic acids is 2.